The van der Waals surface area contributed by atoms with Gasteiger partial charge in [0.05, 0.1) is 13.1 Å². The summed E-state index contributed by atoms with van der Waals surface area (Å²) in [6.07, 6.45) is 2.37. The molecule has 0 bridgehead atoms. The second-order valence-electron chi connectivity index (χ2n) is 5.09. The van der Waals surface area contributed by atoms with Crippen molar-refractivity contribution < 1.29 is 0 Å². The smallest absolute Gasteiger partial charge is 0.137 e. The van der Waals surface area contributed by atoms with E-state index in [1.807, 2.05) is 0 Å². The van der Waals surface area contributed by atoms with Gasteiger partial charge in [-0.1, -0.05) is 50.2 Å². The molecule has 0 unspecified atom stereocenters. The Kier molecular flexibility index (Phi) is 4.75. The molecule has 0 fully saturated rings. The lowest BCUT2D eigenvalue weighted by Crippen LogP contribution is -2.45. The Morgan fingerprint density at radius 3 is 1.32 bits per heavy atom. The van der Waals surface area contributed by atoms with Crippen LogP contribution in [0.25, 0.3) is 0 Å². The molecular weight excluding hydrogens is 230 g/mol. The maximum atomic E-state index is 2.27. The van der Waals surface area contributed by atoms with Crippen molar-refractivity contribution in [1.29, 1.82) is 0 Å². The fourth-order valence-corrected chi connectivity index (χ4v) is 2.97. The van der Waals surface area contributed by atoms with E-state index in [0.29, 0.717) is 0 Å². The third kappa shape index (κ3) is 2.87. The number of nitrogens with zero attached hydrogens (tertiary/aromatic N) is 1. The van der Waals surface area contributed by atoms with E-state index in [1.165, 1.54) is 24.2 Å². The molecule has 2 aromatic rings. The van der Waals surface area contributed by atoms with Crippen molar-refractivity contribution in [3.05, 3.63) is 60.7 Å². The number of hydrogen-bond donors (Lipinski definition) is 0. The molecule has 1 heteroatoms. The lowest BCUT2D eigenvalue weighted by Gasteiger charge is -2.37. The Hall–Kier alpha value is -1.60. The van der Waals surface area contributed by atoms with Gasteiger partial charge in [-0.2, -0.15) is 0 Å². The van der Waals surface area contributed by atoms with Crippen molar-refractivity contribution in [3.63, 3.8) is 0 Å². The normalized spacial score (nSPS) is 11.5. The van der Waals surface area contributed by atoms with E-state index in [9.17, 15) is 0 Å². The number of para-hydroxylation sites is 2. The van der Waals surface area contributed by atoms with Crippen LogP contribution in [0, 0.1) is 0 Å². The van der Waals surface area contributed by atoms with Crippen molar-refractivity contribution in [3.8, 4) is 0 Å². The highest BCUT2D eigenvalue weighted by Crippen LogP contribution is 2.35. The van der Waals surface area contributed by atoms with Gasteiger partial charge in [-0.25, -0.2) is 0 Å². The summed E-state index contributed by atoms with van der Waals surface area (Å²) in [6, 6.07) is 21.8. The van der Waals surface area contributed by atoms with Gasteiger partial charge in [-0.3, -0.25) is 4.48 Å². The Balaban J connectivity index is 2.54. The number of benzene rings is 2. The van der Waals surface area contributed by atoms with Crippen LogP contribution in [0.1, 0.15) is 26.7 Å². The van der Waals surface area contributed by atoms with Crippen LogP contribution in [0.2, 0.25) is 0 Å². The minimum absolute atomic E-state index is 0.967. The van der Waals surface area contributed by atoms with Crippen molar-refractivity contribution in [1.82, 2.24) is 4.48 Å². The summed E-state index contributed by atoms with van der Waals surface area (Å²) < 4.78 is 0.967. The molecule has 0 aliphatic rings. The molecule has 2 rings (SSSR count). The number of hydrogen-bond acceptors (Lipinski definition) is 0. The number of quaternary nitrogens is 1. The average molecular weight is 254 g/mol. The molecular formula is C18H24N+. The highest BCUT2D eigenvalue weighted by atomic mass is 15.4. The molecule has 19 heavy (non-hydrogen) atoms. The zero-order valence-corrected chi connectivity index (χ0v) is 12.0. The van der Waals surface area contributed by atoms with Gasteiger partial charge >= 0.3 is 0 Å². The van der Waals surface area contributed by atoms with Crippen LogP contribution in [0.4, 0.5) is 11.4 Å². The van der Waals surface area contributed by atoms with Crippen LogP contribution < -0.4 is 4.48 Å². The summed E-state index contributed by atoms with van der Waals surface area (Å²) in [7, 11) is 0. The maximum Gasteiger partial charge on any atom is 0.137 e. The zero-order chi connectivity index (χ0) is 13.6. The largest absolute Gasteiger partial charge is 0.259 e. The summed E-state index contributed by atoms with van der Waals surface area (Å²) in [6.45, 7) is 6.85. The summed E-state index contributed by atoms with van der Waals surface area (Å²) in [4.78, 5) is 0. The van der Waals surface area contributed by atoms with Crippen molar-refractivity contribution in [2.75, 3.05) is 13.1 Å². The summed E-state index contributed by atoms with van der Waals surface area (Å²) in [5, 5.41) is 0. The van der Waals surface area contributed by atoms with Crippen molar-refractivity contribution >= 4 is 11.4 Å². The van der Waals surface area contributed by atoms with Crippen LogP contribution >= 0.6 is 0 Å². The lowest BCUT2D eigenvalue weighted by atomic mass is 10.1. The predicted molar refractivity (Wildman–Crippen MR) is 84.7 cm³/mol. The van der Waals surface area contributed by atoms with Gasteiger partial charge in [-0.15, -0.1) is 0 Å². The Morgan fingerprint density at radius 2 is 1.00 bits per heavy atom. The quantitative estimate of drug-likeness (QED) is 0.626. The van der Waals surface area contributed by atoms with Crippen LogP contribution in [0.3, 0.4) is 0 Å². The SMILES string of the molecule is CCC[N+](CCC)(c1ccccc1)c1ccccc1. The molecule has 0 spiro atoms. The van der Waals surface area contributed by atoms with E-state index in [-0.39, 0.29) is 0 Å². The highest BCUT2D eigenvalue weighted by Gasteiger charge is 2.31. The zero-order valence-electron chi connectivity index (χ0n) is 12.0. The highest BCUT2D eigenvalue weighted by molar-refractivity contribution is 5.58. The predicted octanol–water partition coefficient (Wildman–Crippen LogP) is 5.15. The molecule has 0 saturated heterocycles. The Labute approximate surface area is 117 Å². The first-order valence-electron chi connectivity index (χ1n) is 7.32. The summed E-state index contributed by atoms with van der Waals surface area (Å²) >= 11 is 0. The molecule has 0 atom stereocenters. The van der Waals surface area contributed by atoms with Crippen LogP contribution in [0.5, 0.6) is 0 Å². The molecule has 0 N–H and O–H groups in total. The molecule has 0 aliphatic heterocycles. The molecule has 0 heterocycles. The van der Waals surface area contributed by atoms with Crippen molar-refractivity contribution in [2.45, 2.75) is 26.7 Å². The number of rotatable bonds is 6. The van der Waals surface area contributed by atoms with Gasteiger partial charge in [0, 0.05) is 0 Å². The van der Waals surface area contributed by atoms with Crippen LogP contribution in [-0.4, -0.2) is 13.1 Å². The van der Waals surface area contributed by atoms with Gasteiger partial charge in [0.25, 0.3) is 0 Å². The second-order valence-corrected chi connectivity index (χ2v) is 5.09. The van der Waals surface area contributed by atoms with Crippen molar-refractivity contribution in [2.24, 2.45) is 0 Å². The molecule has 1 nitrogen and oxygen atoms in total. The molecule has 0 aromatic heterocycles. The first-order valence-corrected chi connectivity index (χ1v) is 7.32. The molecule has 0 radical (unpaired) electrons. The van der Waals surface area contributed by atoms with E-state index in [4.69, 9.17) is 0 Å². The molecule has 0 saturated carbocycles. The molecule has 100 valence electrons. The fourth-order valence-electron chi connectivity index (χ4n) is 2.97. The van der Waals surface area contributed by atoms with Gasteiger partial charge in [0.15, 0.2) is 0 Å². The van der Waals surface area contributed by atoms with E-state index >= 15 is 0 Å². The average Bonchev–Trinajstić information content (AvgIpc) is 2.49. The van der Waals surface area contributed by atoms with Gasteiger partial charge in [0.2, 0.25) is 0 Å². The first-order chi connectivity index (χ1) is 9.33. The standard InChI is InChI=1S/C18H24N/c1-3-15-19(16-4-2,17-11-7-5-8-12-17)18-13-9-6-10-14-18/h5-14H,3-4,15-16H2,1-2H3/q+1. The maximum absolute atomic E-state index is 2.27. The fraction of sp³-hybridized carbons (Fsp3) is 0.333. The minimum atomic E-state index is 0.967. The Bertz CT molecular complexity index is 428. The topological polar surface area (TPSA) is 0 Å². The molecule has 0 amide bonds. The molecule has 0 aliphatic carbocycles. The molecule has 2 aromatic carbocycles. The van der Waals surface area contributed by atoms with Gasteiger partial charge in [0.1, 0.15) is 11.4 Å². The van der Waals surface area contributed by atoms with E-state index in [1.54, 1.807) is 0 Å². The minimum Gasteiger partial charge on any atom is -0.259 e. The van der Waals surface area contributed by atoms with Crippen LogP contribution in [-0.2, 0) is 0 Å². The summed E-state index contributed by atoms with van der Waals surface area (Å²) in [5.74, 6) is 0. The van der Waals surface area contributed by atoms with Gasteiger partial charge < -0.3 is 0 Å². The van der Waals surface area contributed by atoms with E-state index < -0.39 is 0 Å². The van der Waals surface area contributed by atoms with Gasteiger partial charge in [-0.05, 0) is 37.1 Å². The third-order valence-corrected chi connectivity index (χ3v) is 3.71. The third-order valence-electron chi connectivity index (χ3n) is 3.71. The Morgan fingerprint density at radius 1 is 0.632 bits per heavy atom. The van der Waals surface area contributed by atoms with Crippen LogP contribution in [0.15, 0.2) is 60.7 Å². The lowest BCUT2D eigenvalue weighted by molar-refractivity contribution is 0.380. The second kappa shape index (κ2) is 6.53. The van der Waals surface area contributed by atoms with E-state index in [2.05, 4.69) is 74.5 Å². The monoisotopic (exact) mass is 254 g/mol. The van der Waals surface area contributed by atoms with E-state index in [0.717, 1.165) is 17.6 Å². The first kappa shape index (κ1) is 13.8. The summed E-state index contributed by atoms with van der Waals surface area (Å²) in [5.41, 5.74) is 2.80.